The zero-order valence-electron chi connectivity index (χ0n) is 28.7. The van der Waals surface area contributed by atoms with Gasteiger partial charge in [-0.1, -0.05) is 115 Å². The van der Waals surface area contributed by atoms with Crippen molar-refractivity contribution in [2.24, 2.45) is 0 Å². The Hall–Kier alpha value is -6.53. The normalized spacial score (nSPS) is 12.1. The first-order chi connectivity index (χ1) is 26.7. The molecule has 3 nitrogen and oxygen atoms in total. The number of hydrogen-bond donors (Lipinski definition) is 0. The zero-order chi connectivity index (χ0) is 35.3. The maximum absolute atomic E-state index is 5.49. The highest BCUT2D eigenvalue weighted by Gasteiger charge is 2.21. The Morgan fingerprint density at radius 1 is 0.370 bits per heavy atom. The van der Waals surface area contributed by atoms with Crippen molar-refractivity contribution in [3.8, 4) is 33.8 Å². The minimum absolute atomic E-state index is 0.906. The van der Waals surface area contributed by atoms with Crippen LogP contribution >= 0.6 is 22.7 Å². The van der Waals surface area contributed by atoms with Crippen molar-refractivity contribution in [2.45, 2.75) is 0 Å². The molecule has 0 spiro atoms. The number of aromatic nitrogens is 3. The van der Waals surface area contributed by atoms with Gasteiger partial charge in [-0.3, -0.25) is 0 Å². The van der Waals surface area contributed by atoms with E-state index in [1.54, 1.807) is 0 Å². The highest BCUT2D eigenvalue weighted by atomic mass is 32.1. The summed E-state index contributed by atoms with van der Waals surface area (Å²) in [6.07, 6.45) is 0. The molecule has 5 heteroatoms. The molecule has 7 aromatic carbocycles. The fourth-order valence-corrected chi connectivity index (χ4v) is 10.6. The molecular formula is C49H27N3S2. The Kier molecular flexibility index (Phi) is 6.38. The van der Waals surface area contributed by atoms with Crippen LogP contribution in [0.4, 0.5) is 0 Å². The molecule has 0 radical (unpaired) electrons. The van der Waals surface area contributed by atoms with Crippen LogP contribution in [0.1, 0.15) is 0 Å². The third-order valence-corrected chi connectivity index (χ3v) is 13.2. The SMILES string of the molecule is c1ccc(-c2ccc3ccc4ccc(-c5cc6c(-c7ccc8sc9ccccc9c8c7)nc7ccccc7c6c6c5sc5ccccc56)nc4c3n2)cc1. The van der Waals surface area contributed by atoms with Crippen LogP contribution in [0.3, 0.4) is 0 Å². The lowest BCUT2D eigenvalue weighted by Crippen LogP contribution is -1.94. The molecule has 0 atom stereocenters. The van der Waals surface area contributed by atoms with Crippen molar-refractivity contribution in [2.75, 3.05) is 0 Å². The lowest BCUT2D eigenvalue weighted by atomic mass is 9.93. The summed E-state index contributed by atoms with van der Waals surface area (Å²) >= 11 is 3.69. The quantitative estimate of drug-likeness (QED) is 0.171. The van der Waals surface area contributed by atoms with E-state index in [-0.39, 0.29) is 0 Å². The van der Waals surface area contributed by atoms with Gasteiger partial charge in [-0.15, -0.1) is 22.7 Å². The number of fused-ring (bicyclic) bond motifs is 13. The first-order valence-corrected chi connectivity index (χ1v) is 19.7. The first-order valence-electron chi connectivity index (χ1n) is 18.1. The average molecular weight is 722 g/mol. The van der Waals surface area contributed by atoms with Gasteiger partial charge in [-0.05, 0) is 48.5 Å². The third-order valence-electron chi connectivity index (χ3n) is 10.8. The highest BCUT2D eigenvalue weighted by Crippen LogP contribution is 2.48. The topological polar surface area (TPSA) is 38.7 Å². The summed E-state index contributed by atoms with van der Waals surface area (Å²) in [5.74, 6) is 0. The number of pyridine rings is 3. The molecule has 12 aromatic rings. The molecule has 0 aliphatic heterocycles. The molecule has 5 heterocycles. The van der Waals surface area contributed by atoms with Crippen LogP contribution in [0.25, 0.3) is 118 Å². The summed E-state index contributed by atoms with van der Waals surface area (Å²) in [5, 5.41) is 10.7. The van der Waals surface area contributed by atoms with E-state index < -0.39 is 0 Å². The summed E-state index contributed by atoms with van der Waals surface area (Å²) in [4.78, 5) is 16.2. The smallest absolute Gasteiger partial charge is 0.0972 e. The van der Waals surface area contributed by atoms with E-state index in [9.17, 15) is 0 Å². The molecule has 0 N–H and O–H groups in total. The van der Waals surface area contributed by atoms with E-state index >= 15 is 0 Å². The average Bonchev–Trinajstić information content (AvgIpc) is 3.81. The van der Waals surface area contributed by atoms with Crippen molar-refractivity contribution in [1.82, 2.24) is 15.0 Å². The lowest BCUT2D eigenvalue weighted by Gasteiger charge is -2.15. The van der Waals surface area contributed by atoms with Gasteiger partial charge < -0.3 is 0 Å². The second-order valence-electron chi connectivity index (χ2n) is 13.9. The van der Waals surface area contributed by atoms with Crippen molar-refractivity contribution >= 4 is 106 Å². The Balaban J connectivity index is 1.19. The number of nitrogens with zero attached hydrogens (tertiary/aromatic N) is 3. The van der Waals surface area contributed by atoms with Gasteiger partial charge in [0.25, 0.3) is 0 Å². The van der Waals surface area contributed by atoms with E-state index in [2.05, 4.69) is 158 Å². The molecule has 0 amide bonds. The van der Waals surface area contributed by atoms with Gasteiger partial charge in [0.15, 0.2) is 0 Å². The fourth-order valence-electron chi connectivity index (χ4n) is 8.30. The van der Waals surface area contributed by atoms with Gasteiger partial charge in [-0.25, -0.2) is 15.0 Å². The van der Waals surface area contributed by atoms with Gasteiger partial charge in [0.2, 0.25) is 0 Å². The Morgan fingerprint density at radius 3 is 1.81 bits per heavy atom. The summed E-state index contributed by atoms with van der Waals surface area (Å²) in [5.41, 5.74) is 8.98. The van der Waals surface area contributed by atoms with Crippen LogP contribution in [0.15, 0.2) is 164 Å². The van der Waals surface area contributed by atoms with Crippen molar-refractivity contribution < 1.29 is 0 Å². The summed E-state index contributed by atoms with van der Waals surface area (Å²) in [6, 6.07) is 58.7. The predicted octanol–water partition coefficient (Wildman–Crippen LogP) is 14.2. The van der Waals surface area contributed by atoms with E-state index in [1.807, 2.05) is 28.7 Å². The van der Waals surface area contributed by atoms with Gasteiger partial charge in [0.1, 0.15) is 0 Å². The minimum atomic E-state index is 0.906. The van der Waals surface area contributed by atoms with Gasteiger partial charge in [-0.2, -0.15) is 0 Å². The number of benzene rings is 7. The lowest BCUT2D eigenvalue weighted by molar-refractivity contribution is 1.37. The Bertz CT molecular complexity index is 3510. The van der Waals surface area contributed by atoms with E-state index in [0.717, 1.165) is 71.9 Å². The third kappa shape index (κ3) is 4.43. The number of hydrogen-bond acceptors (Lipinski definition) is 5. The zero-order valence-corrected chi connectivity index (χ0v) is 30.4. The summed E-state index contributed by atoms with van der Waals surface area (Å²) in [7, 11) is 0. The van der Waals surface area contributed by atoms with Crippen LogP contribution < -0.4 is 0 Å². The maximum atomic E-state index is 5.49. The number of thiophene rings is 2. The Morgan fingerprint density at radius 2 is 1.00 bits per heavy atom. The van der Waals surface area contributed by atoms with Gasteiger partial charge >= 0.3 is 0 Å². The van der Waals surface area contributed by atoms with Crippen LogP contribution in [0, 0.1) is 0 Å². The van der Waals surface area contributed by atoms with Crippen LogP contribution in [-0.2, 0) is 0 Å². The van der Waals surface area contributed by atoms with Gasteiger partial charge in [0.05, 0.1) is 33.6 Å². The molecule has 0 unspecified atom stereocenters. The maximum Gasteiger partial charge on any atom is 0.0972 e. The molecule has 12 rings (SSSR count). The summed E-state index contributed by atoms with van der Waals surface area (Å²) in [6.45, 7) is 0. The molecule has 0 aliphatic carbocycles. The van der Waals surface area contributed by atoms with Crippen molar-refractivity contribution in [3.05, 3.63) is 164 Å². The number of rotatable bonds is 3. The van der Waals surface area contributed by atoms with Crippen molar-refractivity contribution in [1.29, 1.82) is 0 Å². The monoisotopic (exact) mass is 721 g/mol. The van der Waals surface area contributed by atoms with Crippen LogP contribution in [0.2, 0.25) is 0 Å². The van der Waals surface area contributed by atoms with E-state index in [0.29, 0.717) is 0 Å². The molecule has 0 fully saturated rings. The van der Waals surface area contributed by atoms with Crippen LogP contribution in [0.5, 0.6) is 0 Å². The standard InChI is InChI=1S/C49H27N3S2/c1-2-10-28(11-3-1)38-23-20-29-18-19-30-21-24-40(52-48(30)47(29)50-38)36-27-37-44(45-34-14-6-9-17-42(34)54-49(36)45)33-13-4-7-15-39(33)51-46(37)31-22-25-43-35(26-31)32-12-5-8-16-41(32)53-43/h1-27H. The molecule has 54 heavy (non-hydrogen) atoms. The fraction of sp³-hybridized carbons (Fsp3) is 0. The molecule has 0 aliphatic rings. The molecule has 5 aromatic heterocycles. The predicted molar refractivity (Wildman–Crippen MR) is 232 cm³/mol. The highest BCUT2D eigenvalue weighted by molar-refractivity contribution is 7.26. The second-order valence-corrected chi connectivity index (χ2v) is 16.0. The second kappa shape index (κ2) is 11.5. The largest absolute Gasteiger partial charge is 0.247 e. The first kappa shape index (κ1) is 30.0. The molecule has 250 valence electrons. The minimum Gasteiger partial charge on any atom is -0.247 e. The van der Waals surface area contributed by atoms with Crippen molar-refractivity contribution in [3.63, 3.8) is 0 Å². The Labute approximate surface area is 317 Å². The van der Waals surface area contributed by atoms with E-state index in [4.69, 9.17) is 15.0 Å². The number of para-hydroxylation sites is 1. The molecule has 0 bridgehead atoms. The molecule has 0 saturated carbocycles. The van der Waals surface area contributed by atoms with Crippen LogP contribution in [-0.4, -0.2) is 15.0 Å². The van der Waals surface area contributed by atoms with Gasteiger partial charge in [0, 0.05) is 84.0 Å². The van der Waals surface area contributed by atoms with E-state index in [1.165, 1.54) is 45.7 Å². The molecular weight excluding hydrogens is 695 g/mol. The molecule has 0 saturated heterocycles. The summed E-state index contributed by atoms with van der Waals surface area (Å²) < 4.78 is 5.08.